The summed E-state index contributed by atoms with van der Waals surface area (Å²) in [6.45, 7) is 3.97. The van der Waals surface area contributed by atoms with Gasteiger partial charge < -0.3 is 10.5 Å². The molecule has 0 saturated carbocycles. The third-order valence-corrected chi connectivity index (χ3v) is 1.73. The van der Waals surface area contributed by atoms with Crippen molar-refractivity contribution in [3.05, 3.63) is 35.4 Å². The second-order valence-corrected chi connectivity index (χ2v) is 2.69. The third-order valence-electron chi connectivity index (χ3n) is 1.40. The van der Waals surface area contributed by atoms with E-state index in [-0.39, 0.29) is 0 Å². The molecule has 76 valence electrons. The van der Waals surface area contributed by atoms with Crippen LogP contribution in [0.1, 0.15) is 5.56 Å². The van der Waals surface area contributed by atoms with Crippen molar-refractivity contribution in [3.8, 4) is 0 Å². The Kier molecular flexibility index (Phi) is 6.24. The van der Waals surface area contributed by atoms with Crippen LogP contribution in [-0.4, -0.2) is 13.6 Å². The Morgan fingerprint density at radius 1 is 1.57 bits per heavy atom. The minimum Gasteiger partial charge on any atom is -0.471 e. The van der Waals surface area contributed by atoms with E-state index < -0.39 is 0 Å². The predicted octanol–water partition coefficient (Wildman–Crippen LogP) is 2.35. The van der Waals surface area contributed by atoms with Gasteiger partial charge in [0.05, 0.1) is 17.8 Å². The van der Waals surface area contributed by atoms with Gasteiger partial charge in [0.2, 0.25) is 0 Å². The molecule has 0 aliphatic rings. The number of rotatable bonds is 2. The molecule has 0 radical (unpaired) electrons. The molecule has 0 saturated heterocycles. The van der Waals surface area contributed by atoms with Gasteiger partial charge in [0.1, 0.15) is 0 Å². The maximum Gasteiger partial charge on any atom is 0.292 e. The predicted molar refractivity (Wildman–Crippen MR) is 59.0 cm³/mol. The molecule has 1 rings (SSSR count). The number of para-hydroxylation sites is 1. The van der Waals surface area contributed by atoms with Gasteiger partial charge in [-0.2, -0.15) is 0 Å². The SMILES string of the molecule is C=Cc1cccc(Cl)c1N.COC=O. The second-order valence-electron chi connectivity index (χ2n) is 2.28. The van der Waals surface area contributed by atoms with Crippen molar-refractivity contribution in [1.29, 1.82) is 0 Å². The Morgan fingerprint density at radius 3 is 2.50 bits per heavy atom. The monoisotopic (exact) mass is 213 g/mol. The Bertz CT molecular complexity index is 313. The van der Waals surface area contributed by atoms with Gasteiger partial charge in [-0.15, -0.1) is 0 Å². The van der Waals surface area contributed by atoms with Crippen LogP contribution in [0.25, 0.3) is 6.08 Å². The molecule has 0 aromatic heterocycles. The van der Waals surface area contributed by atoms with Crippen LogP contribution in [0.15, 0.2) is 24.8 Å². The first-order valence-corrected chi connectivity index (χ1v) is 4.18. The number of benzene rings is 1. The minimum atomic E-state index is 0.375. The van der Waals surface area contributed by atoms with Crippen molar-refractivity contribution < 1.29 is 9.53 Å². The highest BCUT2D eigenvalue weighted by Crippen LogP contribution is 2.22. The quantitative estimate of drug-likeness (QED) is 0.606. The van der Waals surface area contributed by atoms with Gasteiger partial charge in [0.25, 0.3) is 6.47 Å². The Balaban J connectivity index is 0.000000364. The second kappa shape index (κ2) is 6.97. The number of carbonyl (C=O) groups excluding carboxylic acids is 1. The Hall–Kier alpha value is -1.48. The zero-order chi connectivity index (χ0) is 11.0. The van der Waals surface area contributed by atoms with Gasteiger partial charge in [0, 0.05) is 0 Å². The highest BCUT2D eigenvalue weighted by Gasteiger charge is 1.96. The fourth-order valence-electron chi connectivity index (χ4n) is 0.732. The summed E-state index contributed by atoms with van der Waals surface area (Å²) >= 11 is 5.72. The molecular weight excluding hydrogens is 202 g/mol. The van der Waals surface area contributed by atoms with Crippen molar-refractivity contribution >= 4 is 29.8 Å². The summed E-state index contributed by atoms with van der Waals surface area (Å²) in [6.07, 6.45) is 1.68. The zero-order valence-corrected chi connectivity index (χ0v) is 8.62. The number of anilines is 1. The topological polar surface area (TPSA) is 52.3 Å². The van der Waals surface area contributed by atoms with Gasteiger partial charge in [-0.1, -0.05) is 36.4 Å². The molecule has 0 amide bonds. The van der Waals surface area contributed by atoms with Crippen LogP contribution in [0.3, 0.4) is 0 Å². The lowest BCUT2D eigenvalue weighted by atomic mass is 10.2. The smallest absolute Gasteiger partial charge is 0.292 e. The van der Waals surface area contributed by atoms with E-state index in [0.29, 0.717) is 17.2 Å². The summed E-state index contributed by atoms with van der Waals surface area (Å²) in [5, 5.41) is 0.581. The van der Waals surface area contributed by atoms with Gasteiger partial charge in [-0.25, -0.2) is 0 Å². The number of ether oxygens (including phenoxy) is 1. The normalized spacial score (nSPS) is 8.14. The molecule has 0 heterocycles. The number of nitrogen functional groups attached to an aromatic ring is 1. The molecule has 0 aliphatic carbocycles. The number of nitrogens with two attached hydrogens (primary N) is 1. The van der Waals surface area contributed by atoms with Gasteiger partial charge in [-0.3, -0.25) is 4.79 Å². The highest BCUT2D eigenvalue weighted by atomic mass is 35.5. The molecular formula is C10H12ClNO2. The van der Waals surface area contributed by atoms with Crippen molar-refractivity contribution in [3.63, 3.8) is 0 Å². The lowest BCUT2D eigenvalue weighted by molar-refractivity contribution is -0.126. The van der Waals surface area contributed by atoms with E-state index in [1.54, 1.807) is 12.1 Å². The maximum absolute atomic E-state index is 8.95. The number of hydrogen-bond donors (Lipinski definition) is 1. The van der Waals surface area contributed by atoms with Crippen LogP contribution >= 0.6 is 11.6 Å². The minimum absolute atomic E-state index is 0.375. The largest absolute Gasteiger partial charge is 0.471 e. The molecule has 0 aliphatic heterocycles. The highest BCUT2D eigenvalue weighted by molar-refractivity contribution is 6.33. The van der Waals surface area contributed by atoms with Crippen molar-refractivity contribution in [1.82, 2.24) is 0 Å². The molecule has 0 bridgehead atoms. The van der Waals surface area contributed by atoms with Gasteiger partial charge in [0.15, 0.2) is 0 Å². The molecule has 0 atom stereocenters. The molecule has 0 fully saturated rings. The molecule has 2 N–H and O–H groups in total. The summed E-state index contributed by atoms with van der Waals surface area (Å²) < 4.78 is 3.86. The van der Waals surface area contributed by atoms with Crippen LogP contribution in [0, 0.1) is 0 Å². The molecule has 0 unspecified atom stereocenters. The number of methoxy groups -OCH3 is 1. The number of carbonyl (C=O) groups is 1. The summed E-state index contributed by atoms with van der Waals surface area (Å²) in [6, 6.07) is 5.47. The first kappa shape index (κ1) is 12.5. The number of halogens is 1. The van der Waals surface area contributed by atoms with E-state index >= 15 is 0 Å². The van der Waals surface area contributed by atoms with Crippen LogP contribution in [0.2, 0.25) is 5.02 Å². The molecule has 1 aromatic rings. The summed E-state index contributed by atoms with van der Waals surface area (Å²) in [5.74, 6) is 0. The van der Waals surface area contributed by atoms with E-state index in [1.165, 1.54) is 7.11 Å². The molecule has 0 spiro atoms. The van der Waals surface area contributed by atoms with Crippen molar-refractivity contribution in [2.75, 3.05) is 12.8 Å². The fourth-order valence-corrected chi connectivity index (χ4v) is 0.914. The first-order chi connectivity index (χ1) is 6.67. The lowest BCUT2D eigenvalue weighted by Gasteiger charge is -1.99. The summed E-state index contributed by atoms with van der Waals surface area (Å²) in [7, 11) is 1.31. The van der Waals surface area contributed by atoms with Crippen LogP contribution in [-0.2, 0) is 9.53 Å². The van der Waals surface area contributed by atoms with Crippen molar-refractivity contribution in [2.24, 2.45) is 0 Å². The third kappa shape index (κ3) is 3.96. The maximum atomic E-state index is 8.95. The van der Waals surface area contributed by atoms with E-state index in [9.17, 15) is 0 Å². The van der Waals surface area contributed by atoms with E-state index in [2.05, 4.69) is 11.3 Å². The van der Waals surface area contributed by atoms with Crippen LogP contribution < -0.4 is 5.73 Å². The first-order valence-electron chi connectivity index (χ1n) is 3.80. The van der Waals surface area contributed by atoms with Crippen LogP contribution in [0.4, 0.5) is 5.69 Å². The van der Waals surface area contributed by atoms with E-state index in [0.717, 1.165) is 5.56 Å². The average molecular weight is 214 g/mol. The molecule has 3 nitrogen and oxygen atoms in total. The number of hydrogen-bond acceptors (Lipinski definition) is 3. The molecule has 1 aromatic carbocycles. The lowest BCUT2D eigenvalue weighted by Crippen LogP contribution is -1.88. The fraction of sp³-hybridized carbons (Fsp3) is 0.100. The van der Waals surface area contributed by atoms with E-state index in [4.69, 9.17) is 22.1 Å². The Morgan fingerprint density at radius 2 is 2.14 bits per heavy atom. The molecule has 4 heteroatoms. The summed E-state index contributed by atoms with van der Waals surface area (Å²) in [5.41, 5.74) is 7.07. The zero-order valence-electron chi connectivity index (χ0n) is 7.87. The Labute approximate surface area is 88.1 Å². The average Bonchev–Trinajstić information content (AvgIpc) is 2.22. The standard InChI is InChI=1S/C8H8ClN.C2H4O2/c1-2-6-4-3-5-7(9)8(6)10;1-4-2-3/h2-5H,1,10H2;2H,1H3. The van der Waals surface area contributed by atoms with Crippen LogP contribution in [0.5, 0.6) is 0 Å². The van der Waals surface area contributed by atoms with E-state index in [1.807, 2.05) is 12.1 Å². The van der Waals surface area contributed by atoms with Crippen molar-refractivity contribution in [2.45, 2.75) is 0 Å². The molecule has 14 heavy (non-hydrogen) atoms. The van der Waals surface area contributed by atoms with Gasteiger partial charge in [-0.05, 0) is 11.6 Å². The summed E-state index contributed by atoms with van der Waals surface area (Å²) in [4.78, 5) is 8.95. The van der Waals surface area contributed by atoms with Gasteiger partial charge >= 0.3 is 0 Å².